The third-order valence-electron chi connectivity index (χ3n) is 7.26. The molecule has 0 spiro atoms. The number of anilines is 2. The number of para-hydroxylation sites is 2. The van der Waals surface area contributed by atoms with Crippen LogP contribution < -0.4 is 9.80 Å². The van der Waals surface area contributed by atoms with Crippen molar-refractivity contribution in [3.05, 3.63) is 60.7 Å². The summed E-state index contributed by atoms with van der Waals surface area (Å²) in [5.74, 6) is 0.386. The topological polar surface area (TPSA) is 23.6 Å². The van der Waals surface area contributed by atoms with Gasteiger partial charge in [0.25, 0.3) is 0 Å². The standard InChI is InChI=1S/C27H36N2O/c1-26(2)17-11-19-28(21-13-7-5-8-14-21)24(26)23(30)25-27(3,4)18-12-20-29(25)22-15-9-6-10-16-22/h5-10,13-16,24-25H,11-12,17-20H2,1-4H3. The van der Waals surface area contributed by atoms with Gasteiger partial charge >= 0.3 is 0 Å². The van der Waals surface area contributed by atoms with Crippen LogP contribution in [0.2, 0.25) is 0 Å². The molecule has 160 valence electrons. The molecule has 2 heterocycles. The smallest absolute Gasteiger partial charge is 0.178 e. The van der Waals surface area contributed by atoms with E-state index in [9.17, 15) is 4.79 Å². The zero-order valence-electron chi connectivity index (χ0n) is 19.0. The van der Waals surface area contributed by atoms with Gasteiger partial charge in [-0.1, -0.05) is 64.1 Å². The summed E-state index contributed by atoms with van der Waals surface area (Å²) in [4.78, 5) is 19.2. The lowest BCUT2D eigenvalue weighted by molar-refractivity contribution is -0.128. The molecule has 3 nitrogen and oxygen atoms in total. The van der Waals surface area contributed by atoms with Crippen molar-refractivity contribution in [1.82, 2.24) is 0 Å². The van der Waals surface area contributed by atoms with Crippen LogP contribution in [-0.4, -0.2) is 31.0 Å². The molecule has 2 aliphatic rings. The minimum absolute atomic E-state index is 0.0545. The number of benzene rings is 2. The number of nitrogens with zero attached hydrogens (tertiary/aromatic N) is 2. The molecule has 0 aliphatic carbocycles. The second-order valence-corrected chi connectivity index (χ2v) is 10.4. The van der Waals surface area contributed by atoms with Gasteiger partial charge in [0, 0.05) is 24.5 Å². The lowest BCUT2D eigenvalue weighted by atomic mass is 9.67. The van der Waals surface area contributed by atoms with E-state index in [0.29, 0.717) is 5.78 Å². The second-order valence-electron chi connectivity index (χ2n) is 10.4. The first-order valence-corrected chi connectivity index (χ1v) is 11.5. The van der Waals surface area contributed by atoms with Gasteiger partial charge in [0.1, 0.15) is 0 Å². The van der Waals surface area contributed by atoms with Gasteiger partial charge in [-0.3, -0.25) is 4.79 Å². The Morgan fingerprint density at radius 2 is 1.07 bits per heavy atom. The summed E-state index contributed by atoms with van der Waals surface area (Å²) in [6.45, 7) is 11.0. The molecule has 2 unspecified atom stereocenters. The van der Waals surface area contributed by atoms with E-state index >= 15 is 0 Å². The summed E-state index contributed by atoms with van der Waals surface area (Å²) in [5.41, 5.74) is 2.23. The van der Waals surface area contributed by atoms with Crippen LogP contribution in [0.25, 0.3) is 0 Å². The summed E-state index contributed by atoms with van der Waals surface area (Å²) < 4.78 is 0. The normalized spacial score (nSPS) is 25.7. The van der Waals surface area contributed by atoms with Gasteiger partial charge in [-0.25, -0.2) is 0 Å². The molecule has 0 saturated carbocycles. The van der Waals surface area contributed by atoms with E-state index in [-0.39, 0.29) is 22.9 Å². The molecule has 30 heavy (non-hydrogen) atoms. The van der Waals surface area contributed by atoms with Crippen LogP contribution in [0.4, 0.5) is 11.4 Å². The molecule has 3 heteroatoms. The average molecular weight is 405 g/mol. The fourth-order valence-corrected chi connectivity index (χ4v) is 5.81. The Morgan fingerprint density at radius 3 is 1.43 bits per heavy atom. The SMILES string of the molecule is CC1(C)CCCN(c2ccccc2)C1C(=O)C1N(c2ccccc2)CCCC1(C)C. The van der Waals surface area contributed by atoms with Crippen LogP contribution in [0, 0.1) is 10.8 Å². The Morgan fingerprint density at radius 1 is 0.700 bits per heavy atom. The fourth-order valence-electron chi connectivity index (χ4n) is 5.81. The van der Waals surface area contributed by atoms with Crippen molar-refractivity contribution in [2.24, 2.45) is 10.8 Å². The molecule has 0 N–H and O–H groups in total. The number of hydrogen-bond donors (Lipinski definition) is 0. The second kappa shape index (κ2) is 8.09. The quantitative estimate of drug-likeness (QED) is 0.629. The predicted molar refractivity (Wildman–Crippen MR) is 126 cm³/mol. The van der Waals surface area contributed by atoms with E-state index < -0.39 is 0 Å². The zero-order chi connectivity index (χ0) is 21.4. The van der Waals surface area contributed by atoms with Gasteiger partial charge in [0.15, 0.2) is 5.78 Å². The Kier molecular flexibility index (Phi) is 5.65. The number of carbonyl (C=O) groups excluding carboxylic acids is 1. The van der Waals surface area contributed by atoms with Gasteiger partial charge < -0.3 is 9.80 Å². The largest absolute Gasteiger partial charge is 0.361 e. The lowest BCUT2D eigenvalue weighted by Gasteiger charge is -2.53. The van der Waals surface area contributed by atoms with E-state index in [4.69, 9.17) is 0 Å². The van der Waals surface area contributed by atoms with Crippen LogP contribution in [-0.2, 0) is 4.79 Å². The summed E-state index contributed by atoms with van der Waals surface area (Å²) in [6, 6.07) is 20.8. The van der Waals surface area contributed by atoms with E-state index in [2.05, 4.69) is 98.2 Å². The van der Waals surface area contributed by atoms with Gasteiger partial charge in [0.2, 0.25) is 0 Å². The molecule has 2 saturated heterocycles. The Hall–Kier alpha value is -2.29. The average Bonchev–Trinajstić information content (AvgIpc) is 2.73. The minimum Gasteiger partial charge on any atom is -0.361 e. The number of rotatable bonds is 4. The van der Waals surface area contributed by atoms with Gasteiger partial charge in [-0.05, 0) is 60.8 Å². The molecular formula is C27H36N2O. The first-order valence-electron chi connectivity index (χ1n) is 11.5. The zero-order valence-corrected chi connectivity index (χ0v) is 19.0. The third kappa shape index (κ3) is 3.87. The molecule has 0 radical (unpaired) electrons. The number of Topliss-reactive ketones (excluding diaryl/α,β-unsaturated/α-hetero) is 1. The van der Waals surface area contributed by atoms with Crippen molar-refractivity contribution < 1.29 is 4.79 Å². The molecule has 2 fully saturated rings. The van der Waals surface area contributed by atoms with E-state index in [0.717, 1.165) is 38.8 Å². The van der Waals surface area contributed by atoms with E-state index in [1.807, 2.05) is 0 Å². The Labute approximate surface area is 182 Å². The number of ketones is 1. The molecule has 4 rings (SSSR count). The van der Waals surface area contributed by atoms with Crippen molar-refractivity contribution in [3.8, 4) is 0 Å². The summed E-state index contributed by atoms with van der Waals surface area (Å²) in [6.07, 6.45) is 4.43. The predicted octanol–water partition coefficient (Wildman–Crippen LogP) is 5.95. The van der Waals surface area contributed by atoms with Crippen molar-refractivity contribution in [2.75, 3.05) is 22.9 Å². The van der Waals surface area contributed by atoms with Gasteiger partial charge in [0.05, 0.1) is 12.1 Å². The lowest BCUT2D eigenvalue weighted by Crippen LogP contribution is -2.64. The van der Waals surface area contributed by atoms with Crippen molar-refractivity contribution >= 4 is 17.2 Å². The highest BCUT2D eigenvalue weighted by molar-refractivity contribution is 5.96. The number of hydrogen-bond acceptors (Lipinski definition) is 3. The molecule has 0 bridgehead atoms. The highest BCUT2D eigenvalue weighted by Crippen LogP contribution is 2.44. The third-order valence-corrected chi connectivity index (χ3v) is 7.26. The van der Waals surface area contributed by atoms with Gasteiger partial charge in [-0.15, -0.1) is 0 Å². The molecule has 2 aromatic rings. The molecule has 2 aliphatic heterocycles. The van der Waals surface area contributed by atoms with Crippen LogP contribution in [0.3, 0.4) is 0 Å². The highest BCUT2D eigenvalue weighted by Gasteiger charge is 2.50. The molecule has 2 aromatic carbocycles. The number of carbonyl (C=O) groups is 1. The van der Waals surface area contributed by atoms with Gasteiger partial charge in [-0.2, -0.15) is 0 Å². The highest BCUT2D eigenvalue weighted by atomic mass is 16.1. The molecule has 0 aromatic heterocycles. The maximum Gasteiger partial charge on any atom is 0.178 e. The van der Waals surface area contributed by atoms with Crippen molar-refractivity contribution in [1.29, 1.82) is 0 Å². The summed E-state index contributed by atoms with van der Waals surface area (Å²) in [7, 11) is 0. The maximum atomic E-state index is 14.5. The van der Waals surface area contributed by atoms with Crippen LogP contribution in [0.15, 0.2) is 60.7 Å². The van der Waals surface area contributed by atoms with Crippen LogP contribution in [0.5, 0.6) is 0 Å². The summed E-state index contributed by atoms with van der Waals surface area (Å²) in [5, 5.41) is 0. The van der Waals surface area contributed by atoms with E-state index in [1.54, 1.807) is 0 Å². The number of piperidine rings is 2. The van der Waals surface area contributed by atoms with Crippen LogP contribution in [0.1, 0.15) is 53.4 Å². The van der Waals surface area contributed by atoms with Crippen molar-refractivity contribution in [3.63, 3.8) is 0 Å². The minimum atomic E-state index is -0.109. The van der Waals surface area contributed by atoms with E-state index in [1.165, 1.54) is 11.4 Å². The Bertz CT molecular complexity index is 787. The molecular weight excluding hydrogens is 368 g/mol. The Balaban J connectivity index is 1.76. The monoisotopic (exact) mass is 404 g/mol. The maximum absolute atomic E-state index is 14.5. The fraction of sp³-hybridized carbons (Fsp3) is 0.519. The first kappa shape index (κ1) is 21.0. The first-order chi connectivity index (χ1) is 14.3. The molecule has 2 atom stereocenters. The summed E-state index contributed by atoms with van der Waals surface area (Å²) >= 11 is 0. The van der Waals surface area contributed by atoms with Crippen LogP contribution >= 0.6 is 0 Å². The molecule has 0 amide bonds. The van der Waals surface area contributed by atoms with Crippen molar-refractivity contribution in [2.45, 2.75) is 65.5 Å².